The number of likely N-dealkylation sites (tertiary alicyclic amines) is 1. The Labute approximate surface area is 125 Å². The van der Waals surface area contributed by atoms with Gasteiger partial charge in [0.2, 0.25) is 0 Å². The predicted molar refractivity (Wildman–Crippen MR) is 80.2 cm³/mol. The predicted octanol–water partition coefficient (Wildman–Crippen LogP) is 0.0470. The maximum Gasteiger partial charge on any atom is 0.274 e. The lowest BCUT2D eigenvalue weighted by molar-refractivity contribution is 0.0786. The molecule has 1 amide bonds. The molecular weight excluding hydrogens is 270 g/mol. The normalized spacial score (nSPS) is 16.3. The van der Waals surface area contributed by atoms with Crippen LogP contribution in [0.3, 0.4) is 0 Å². The zero-order valence-corrected chi connectivity index (χ0v) is 12.6. The third kappa shape index (κ3) is 4.64. The summed E-state index contributed by atoms with van der Waals surface area (Å²) in [5.41, 5.74) is 0.351. The van der Waals surface area contributed by atoms with E-state index in [4.69, 9.17) is 0 Å². The molecule has 1 atom stereocenters. The lowest BCUT2D eigenvalue weighted by Gasteiger charge is -2.17. The first kappa shape index (κ1) is 15.7. The van der Waals surface area contributed by atoms with Crippen molar-refractivity contribution < 1.29 is 9.90 Å². The van der Waals surface area contributed by atoms with Crippen molar-refractivity contribution in [3.05, 3.63) is 18.1 Å². The second-order valence-electron chi connectivity index (χ2n) is 5.59. The van der Waals surface area contributed by atoms with E-state index in [-0.39, 0.29) is 5.91 Å². The molecule has 0 aromatic carbocycles. The number of rotatable bonds is 6. The minimum atomic E-state index is -0.500. The molecule has 21 heavy (non-hydrogen) atoms. The summed E-state index contributed by atoms with van der Waals surface area (Å²) in [7, 11) is 3.80. The molecule has 0 saturated carbocycles. The van der Waals surface area contributed by atoms with E-state index in [1.165, 1.54) is 6.20 Å². The third-order valence-electron chi connectivity index (χ3n) is 3.34. The van der Waals surface area contributed by atoms with Crippen molar-refractivity contribution >= 4 is 11.7 Å². The van der Waals surface area contributed by atoms with Gasteiger partial charge in [-0.15, -0.1) is 0 Å². The summed E-state index contributed by atoms with van der Waals surface area (Å²) >= 11 is 0. The first-order chi connectivity index (χ1) is 10.1. The Hall–Kier alpha value is -1.73. The lowest BCUT2D eigenvalue weighted by Crippen LogP contribution is -2.32. The number of nitrogens with zero attached hydrogens (tertiary/aromatic N) is 4. The molecule has 1 aromatic rings. The highest BCUT2D eigenvalue weighted by Gasteiger charge is 2.21. The largest absolute Gasteiger partial charge is 0.390 e. The summed E-state index contributed by atoms with van der Waals surface area (Å²) in [6.07, 6.45) is 4.65. The Balaban J connectivity index is 1.92. The standard InChI is InChI=1S/C14H23N5O2/c1-18(2)10-11(20)7-16-13-9-15-8-12(17-13)14(21)19-5-3-4-6-19/h8-9,11,20H,3-7,10H2,1-2H3,(H,16,17). The Bertz CT molecular complexity index is 474. The molecule has 1 aliphatic heterocycles. The molecule has 1 saturated heterocycles. The van der Waals surface area contributed by atoms with Crippen LogP contribution in [0.4, 0.5) is 5.82 Å². The molecule has 0 spiro atoms. The van der Waals surface area contributed by atoms with Crippen LogP contribution in [-0.2, 0) is 0 Å². The van der Waals surface area contributed by atoms with E-state index >= 15 is 0 Å². The Morgan fingerprint density at radius 3 is 2.81 bits per heavy atom. The summed E-state index contributed by atoms with van der Waals surface area (Å²) < 4.78 is 0. The smallest absolute Gasteiger partial charge is 0.274 e. The molecular formula is C14H23N5O2. The number of nitrogens with one attached hydrogen (secondary N) is 1. The minimum Gasteiger partial charge on any atom is -0.390 e. The fourth-order valence-corrected chi connectivity index (χ4v) is 2.34. The van der Waals surface area contributed by atoms with E-state index in [2.05, 4.69) is 15.3 Å². The van der Waals surface area contributed by atoms with Crippen molar-refractivity contribution in [2.45, 2.75) is 18.9 Å². The van der Waals surface area contributed by atoms with Gasteiger partial charge in [0.25, 0.3) is 5.91 Å². The van der Waals surface area contributed by atoms with Crippen LogP contribution in [0.15, 0.2) is 12.4 Å². The van der Waals surface area contributed by atoms with E-state index < -0.39 is 6.10 Å². The van der Waals surface area contributed by atoms with Gasteiger partial charge in [0.15, 0.2) is 0 Å². The molecule has 7 heteroatoms. The number of aromatic nitrogens is 2. The second kappa shape index (κ2) is 7.33. The van der Waals surface area contributed by atoms with Crippen LogP contribution in [0.5, 0.6) is 0 Å². The van der Waals surface area contributed by atoms with Gasteiger partial charge in [-0.3, -0.25) is 9.78 Å². The van der Waals surface area contributed by atoms with Crippen molar-refractivity contribution in [1.82, 2.24) is 19.8 Å². The summed E-state index contributed by atoms with van der Waals surface area (Å²) in [6.45, 7) is 2.51. The zero-order valence-electron chi connectivity index (χ0n) is 12.6. The van der Waals surface area contributed by atoms with Crippen LogP contribution in [0, 0.1) is 0 Å². The van der Waals surface area contributed by atoms with Crippen molar-refractivity contribution in [2.24, 2.45) is 0 Å². The van der Waals surface area contributed by atoms with E-state index in [1.807, 2.05) is 19.0 Å². The number of anilines is 1. The number of carbonyl (C=O) groups is 1. The molecule has 2 heterocycles. The first-order valence-corrected chi connectivity index (χ1v) is 7.24. The van der Waals surface area contributed by atoms with Crippen molar-refractivity contribution in [2.75, 3.05) is 45.6 Å². The maximum absolute atomic E-state index is 12.2. The number of amides is 1. The quantitative estimate of drug-likeness (QED) is 0.771. The maximum atomic E-state index is 12.2. The highest BCUT2D eigenvalue weighted by atomic mass is 16.3. The summed E-state index contributed by atoms with van der Waals surface area (Å²) in [4.78, 5) is 24.3. The van der Waals surface area contributed by atoms with Crippen LogP contribution in [0.1, 0.15) is 23.3 Å². The second-order valence-corrected chi connectivity index (χ2v) is 5.59. The van der Waals surface area contributed by atoms with Crippen LogP contribution < -0.4 is 5.32 Å². The van der Waals surface area contributed by atoms with Gasteiger partial charge in [-0.1, -0.05) is 0 Å². The molecule has 1 unspecified atom stereocenters. The molecule has 0 aliphatic carbocycles. The van der Waals surface area contributed by atoms with Gasteiger partial charge in [0.1, 0.15) is 11.5 Å². The van der Waals surface area contributed by atoms with E-state index in [0.717, 1.165) is 25.9 Å². The van der Waals surface area contributed by atoms with Gasteiger partial charge in [-0.2, -0.15) is 0 Å². The summed E-state index contributed by atoms with van der Waals surface area (Å²) in [5, 5.41) is 12.8. The molecule has 2 rings (SSSR count). The Morgan fingerprint density at radius 2 is 2.14 bits per heavy atom. The first-order valence-electron chi connectivity index (χ1n) is 7.24. The topological polar surface area (TPSA) is 81.6 Å². The summed E-state index contributed by atoms with van der Waals surface area (Å²) in [5.74, 6) is 0.440. The van der Waals surface area contributed by atoms with Crippen molar-refractivity contribution in [3.8, 4) is 0 Å². The zero-order chi connectivity index (χ0) is 15.2. The summed E-state index contributed by atoms with van der Waals surface area (Å²) in [6, 6.07) is 0. The van der Waals surface area contributed by atoms with Gasteiger partial charge in [-0.05, 0) is 26.9 Å². The lowest BCUT2D eigenvalue weighted by atomic mass is 10.3. The average Bonchev–Trinajstić information content (AvgIpc) is 2.98. The van der Waals surface area contributed by atoms with Gasteiger partial charge < -0.3 is 20.2 Å². The highest BCUT2D eigenvalue weighted by Crippen LogP contribution is 2.12. The number of hydrogen-bond donors (Lipinski definition) is 2. The Morgan fingerprint density at radius 1 is 1.43 bits per heavy atom. The number of hydrogen-bond acceptors (Lipinski definition) is 6. The molecule has 0 bridgehead atoms. The SMILES string of the molecule is CN(C)CC(O)CNc1cncc(C(=O)N2CCCC2)n1. The molecule has 1 aromatic heterocycles. The molecule has 1 aliphatic rings. The molecule has 2 N–H and O–H groups in total. The van der Waals surface area contributed by atoms with Gasteiger partial charge in [-0.25, -0.2) is 4.98 Å². The molecule has 0 radical (unpaired) electrons. The van der Waals surface area contributed by atoms with Crippen LogP contribution in [-0.4, -0.2) is 77.2 Å². The monoisotopic (exact) mass is 293 g/mol. The molecule has 116 valence electrons. The minimum absolute atomic E-state index is 0.0718. The highest BCUT2D eigenvalue weighted by molar-refractivity contribution is 5.92. The van der Waals surface area contributed by atoms with Gasteiger partial charge in [0.05, 0.1) is 18.5 Å². The number of carbonyl (C=O) groups excluding carboxylic acids is 1. The fraction of sp³-hybridized carbons (Fsp3) is 0.643. The van der Waals surface area contributed by atoms with Crippen molar-refractivity contribution in [1.29, 1.82) is 0 Å². The van der Waals surface area contributed by atoms with Crippen LogP contribution in [0.25, 0.3) is 0 Å². The van der Waals surface area contributed by atoms with Gasteiger partial charge >= 0.3 is 0 Å². The van der Waals surface area contributed by atoms with Crippen molar-refractivity contribution in [3.63, 3.8) is 0 Å². The van der Waals surface area contributed by atoms with Crippen LogP contribution in [0.2, 0.25) is 0 Å². The number of aliphatic hydroxyl groups is 1. The average molecular weight is 293 g/mol. The van der Waals surface area contributed by atoms with E-state index in [9.17, 15) is 9.90 Å². The molecule has 1 fully saturated rings. The number of likely N-dealkylation sites (N-methyl/N-ethyl adjacent to an activating group) is 1. The van der Waals surface area contributed by atoms with Gasteiger partial charge in [0, 0.05) is 26.2 Å². The van der Waals surface area contributed by atoms with Crippen LogP contribution >= 0.6 is 0 Å². The number of aliphatic hydroxyl groups excluding tert-OH is 1. The van der Waals surface area contributed by atoms with E-state index in [1.54, 1.807) is 11.1 Å². The van der Waals surface area contributed by atoms with E-state index in [0.29, 0.717) is 24.6 Å². The third-order valence-corrected chi connectivity index (χ3v) is 3.34. The molecule has 7 nitrogen and oxygen atoms in total. The fourth-order valence-electron chi connectivity index (χ4n) is 2.34. The Kier molecular flexibility index (Phi) is 5.46.